The van der Waals surface area contributed by atoms with E-state index in [-0.39, 0.29) is 30.9 Å². The number of carbonyl (C=O) groups excluding carboxylic acids is 2. The monoisotopic (exact) mass is 408 g/mol. The van der Waals surface area contributed by atoms with Crippen LogP contribution in [-0.4, -0.2) is 34.5 Å². The third kappa shape index (κ3) is 4.81. The molecule has 3 amide bonds. The van der Waals surface area contributed by atoms with Gasteiger partial charge in [0.15, 0.2) is 0 Å². The molecule has 0 saturated carbocycles. The van der Waals surface area contributed by atoms with Crippen LogP contribution in [0.3, 0.4) is 0 Å². The lowest BCUT2D eigenvalue weighted by Crippen LogP contribution is -2.43. The van der Waals surface area contributed by atoms with Crippen molar-refractivity contribution in [1.82, 2.24) is 4.90 Å². The number of urea groups is 1. The number of anilines is 2. The number of rotatable bonds is 3. The second-order valence-corrected chi connectivity index (χ2v) is 6.34. The van der Waals surface area contributed by atoms with Crippen LogP contribution in [0.25, 0.3) is 0 Å². The van der Waals surface area contributed by atoms with Crippen LogP contribution < -0.4 is 10.6 Å². The van der Waals surface area contributed by atoms with Crippen molar-refractivity contribution < 1.29 is 27.7 Å². The molecule has 3 rings (SSSR count). The molecule has 2 N–H and O–H groups in total. The van der Waals surface area contributed by atoms with Gasteiger partial charge in [-0.2, -0.15) is 13.2 Å². The number of nitro benzene ring substituents is 1. The number of benzene rings is 2. The summed E-state index contributed by atoms with van der Waals surface area (Å²) in [5.74, 6) is -1.90. The number of amides is 3. The first kappa shape index (κ1) is 20.1. The predicted molar refractivity (Wildman–Crippen MR) is 97.4 cm³/mol. The van der Waals surface area contributed by atoms with E-state index in [9.17, 15) is 32.9 Å². The molecule has 0 atom stereocenters. The quantitative estimate of drug-likeness (QED) is 0.597. The molecule has 0 radical (unpaired) electrons. The standard InChI is InChI=1S/C18H15F3N4O4/c19-18(20,21)16(26)24-7-6-11-4-5-14(8-12(11)10-24)23-17(27)22-13-2-1-3-15(9-13)25(28)29/h1-5,8-9H,6-7,10H2,(H2,22,23,27). The summed E-state index contributed by atoms with van der Waals surface area (Å²) in [7, 11) is 0. The summed E-state index contributed by atoms with van der Waals surface area (Å²) in [5.41, 5.74) is 1.62. The third-order valence-electron chi connectivity index (χ3n) is 4.32. The molecule has 0 saturated heterocycles. The number of hydrogen-bond donors (Lipinski definition) is 2. The summed E-state index contributed by atoms with van der Waals surface area (Å²) in [6.07, 6.45) is -4.66. The lowest BCUT2D eigenvalue weighted by molar-refractivity contribution is -0.384. The van der Waals surface area contributed by atoms with Crippen molar-refractivity contribution in [2.24, 2.45) is 0 Å². The van der Waals surface area contributed by atoms with E-state index in [0.717, 1.165) is 10.5 Å². The molecule has 1 aliphatic heterocycles. The fourth-order valence-electron chi connectivity index (χ4n) is 2.98. The Hall–Kier alpha value is -3.63. The maximum Gasteiger partial charge on any atom is 0.471 e. The fraction of sp³-hybridized carbons (Fsp3) is 0.222. The average molecular weight is 408 g/mol. The van der Waals surface area contributed by atoms with Crippen LogP contribution in [0, 0.1) is 10.1 Å². The minimum Gasteiger partial charge on any atom is -0.330 e. The topological polar surface area (TPSA) is 105 Å². The summed E-state index contributed by atoms with van der Waals surface area (Å²) in [5, 5.41) is 15.7. The van der Waals surface area contributed by atoms with E-state index in [0.29, 0.717) is 11.3 Å². The Morgan fingerprint density at radius 1 is 1.03 bits per heavy atom. The zero-order chi connectivity index (χ0) is 21.2. The number of carbonyl (C=O) groups is 2. The Kier molecular flexibility index (Phi) is 5.39. The van der Waals surface area contributed by atoms with Gasteiger partial charge in [0.05, 0.1) is 4.92 Å². The van der Waals surface area contributed by atoms with Crippen molar-refractivity contribution in [1.29, 1.82) is 0 Å². The molecular weight excluding hydrogens is 393 g/mol. The SMILES string of the molecule is O=C(Nc1cccc([N+](=O)[O-])c1)Nc1ccc2c(c1)CN(C(=O)C(F)(F)F)CC2. The summed E-state index contributed by atoms with van der Waals surface area (Å²) in [6.45, 7) is -0.249. The first-order valence-corrected chi connectivity index (χ1v) is 8.44. The maximum atomic E-state index is 12.6. The molecule has 1 aliphatic rings. The molecule has 0 fully saturated rings. The van der Waals surface area contributed by atoms with E-state index in [2.05, 4.69) is 10.6 Å². The molecule has 11 heteroatoms. The van der Waals surface area contributed by atoms with Gasteiger partial charge in [0.2, 0.25) is 0 Å². The Bertz CT molecular complexity index is 978. The summed E-state index contributed by atoms with van der Waals surface area (Å²) in [6, 6.07) is 9.44. The van der Waals surface area contributed by atoms with Crippen LogP contribution >= 0.6 is 0 Å². The highest BCUT2D eigenvalue weighted by Gasteiger charge is 2.43. The van der Waals surface area contributed by atoms with Crippen molar-refractivity contribution in [2.45, 2.75) is 19.1 Å². The number of non-ortho nitro benzene ring substituents is 1. The Labute approximate surface area is 162 Å². The molecule has 2 aromatic rings. The van der Waals surface area contributed by atoms with Crippen molar-refractivity contribution in [3.63, 3.8) is 0 Å². The Morgan fingerprint density at radius 3 is 2.38 bits per heavy atom. The van der Waals surface area contributed by atoms with E-state index in [4.69, 9.17) is 0 Å². The van der Waals surface area contributed by atoms with Gasteiger partial charge in [-0.25, -0.2) is 4.79 Å². The third-order valence-corrected chi connectivity index (χ3v) is 4.32. The summed E-state index contributed by atoms with van der Waals surface area (Å²) in [4.78, 5) is 34.5. The van der Waals surface area contributed by atoms with Crippen LogP contribution in [0.1, 0.15) is 11.1 Å². The molecule has 0 aliphatic carbocycles. The highest BCUT2D eigenvalue weighted by molar-refractivity contribution is 6.00. The van der Waals surface area contributed by atoms with E-state index >= 15 is 0 Å². The molecule has 8 nitrogen and oxygen atoms in total. The van der Waals surface area contributed by atoms with Gasteiger partial charge in [0.1, 0.15) is 0 Å². The van der Waals surface area contributed by atoms with E-state index in [1.165, 1.54) is 30.3 Å². The van der Waals surface area contributed by atoms with Gasteiger partial charge in [0.25, 0.3) is 5.69 Å². The van der Waals surface area contributed by atoms with Crippen molar-refractivity contribution in [2.75, 3.05) is 17.2 Å². The molecular formula is C18H15F3N4O4. The first-order valence-electron chi connectivity index (χ1n) is 8.44. The van der Waals surface area contributed by atoms with Gasteiger partial charge in [0, 0.05) is 36.6 Å². The number of nitrogens with zero attached hydrogens (tertiary/aromatic N) is 2. The lowest BCUT2D eigenvalue weighted by Gasteiger charge is -2.29. The van der Waals surface area contributed by atoms with Gasteiger partial charge in [-0.3, -0.25) is 14.9 Å². The molecule has 2 aromatic carbocycles. The van der Waals surface area contributed by atoms with Crippen LogP contribution in [-0.2, 0) is 17.8 Å². The van der Waals surface area contributed by atoms with Gasteiger partial charge < -0.3 is 15.5 Å². The van der Waals surface area contributed by atoms with Crippen LogP contribution in [0.4, 0.5) is 35.0 Å². The molecule has 152 valence electrons. The fourth-order valence-corrected chi connectivity index (χ4v) is 2.98. The minimum absolute atomic E-state index is 0.0363. The van der Waals surface area contributed by atoms with Crippen molar-refractivity contribution in [3.05, 3.63) is 63.7 Å². The number of fused-ring (bicyclic) bond motifs is 1. The largest absolute Gasteiger partial charge is 0.471 e. The zero-order valence-corrected chi connectivity index (χ0v) is 14.8. The molecule has 0 spiro atoms. The molecule has 1 heterocycles. The van der Waals surface area contributed by atoms with E-state index in [1.54, 1.807) is 12.1 Å². The van der Waals surface area contributed by atoms with Gasteiger partial charge in [-0.15, -0.1) is 0 Å². The van der Waals surface area contributed by atoms with Gasteiger partial charge >= 0.3 is 18.1 Å². The van der Waals surface area contributed by atoms with Crippen molar-refractivity contribution >= 4 is 29.0 Å². The smallest absolute Gasteiger partial charge is 0.330 e. The second kappa shape index (κ2) is 7.78. The zero-order valence-electron chi connectivity index (χ0n) is 14.8. The van der Waals surface area contributed by atoms with E-state index in [1.807, 2.05) is 0 Å². The molecule has 0 aromatic heterocycles. The normalized spacial score (nSPS) is 13.4. The van der Waals surface area contributed by atoms with Crippen LogP contribution in [0.5, 0.6) is 0 Å². The number of alkyl halides is 3. The summed E-state index contributed by atoms with van der Waals surface area (Å²) >= 11 is 0. The number of nitro groups is 1. The average Bonchev–Trinajstić information content (AvgIpc) is 2.66. The highest BCUT2D eigenvalue weighted by atomic mass is 19.4. The van der Waals surface area contributed by atoms with E-state index < -0.39 is 23.0 Å². The number of halogens is 3. The van der Waals surface area contributed by atoms with Gasteiger partial charge in [-0.1, -0.05) is 12.1 Å². The number of nitrogens with one attached hydrogen (secondary N) is 2. The Balaban J connectivity index is 1.69. The molecule has 0 bridgehead atoms. The van der Waals surface area contributed by atoms with Crippen LogP contribution in [0.2, 0.25) is 0 Å². The van der Waals surface area contributed by atoms with Crippen molar-refractivity contribution in [3.8, 4) is 0 Å². The Morgan fingerprint density at radius 2 is 1.72 bits per heavy atom. The highest BCUT2D eigenvalue weighted by Crippen LogP contribution is 2.27. The minimum atomic E-state index is -4.94. The predicted octanol–water partition coefficient (Wildman–Crippen LogP) is 3.69. The first-order chi connectivity index (χ1) is 13.6. The second-order valence-electron chi connectivity index (χ2n) is 6.34. The lowest BCUT2D eigenvalue weighted by atomic mass is 9.99. The maximum absolute atomic E-state index is 12.6. The van der Waals surface area contributed by atoms with Crippen LogP contribution in [0.15, 0.2) is 42.5 Å². The molecule has 29 heavy (non-hydrogen) atoms. The number of hydrogen-bond acceptors (Lipinski definition) is 4. The molecule has 0 unspecified atom stereocenters. The summed E-state index contributed by atoms with van der Waals surface area (Å²) < 4.78 is 37.9. The van der Waals surface area contributed by atoms with Gasteiger partial charge in [-0.05, 0) is 35.7 Å².